The molecule has 2 aromatic rings. The molecular formula is C18H27N5O2. The summed E-state index contributed by atoms with van der Waals surface area (Å²) in [6.07, 6.45) is 2.95. The van der Waals surface area contributed by atoms with Gasteiger partial charge in [-0.05, 0) is 33.3 Å². The number of unbranched alkanes of at least 4 members (excludes halogenated alkanes) is 1. The molecule has 1 saturated heterocycles. The first kappa shape index (κ1) is 17.7. The minimum Gasteiger partial charge on any atom is -0.360 e. The zero-order valence-corrected chi connectivity index (χ0v) is 15.5. The van der Waals surface area contributed by atoms with Crippen LogP contribution in [-0.2, 0) is 4.79 Å². The fraction of sp³-hybridized carbons (Fsp3) is 0.611. The van der Waals surface area contributed by atoms with Gasteiger partial charge in [0.15, 0.2) is 5.82 Å². The first-order valence-electron chi connectivity index (χ1n) is 8.99. The number of anilines is 1. The molecule has 7 heteroatoms. The van der Waals surface area contributed by atoms with Crippen LogP contribution in [0, 0.1) is 20.8 Å². The molecule has 0 saturated carbocycles. The van der Waals surface area contributed by atoms with Gasteiger partial charge < -0.3 is 9.84 Å². The van der Waals surface area contributed by atoms with Gasteiger partial charge in [-0.3, -0.25) is 14.4 Å². The first-order chi connectivity index (χ1) is 12.0. The van der Waals surface area contributed by atoms with Gasteiger partial charge in [-0.1, -0.05) is 24.9 Å². The van der Waals surface area contributed by atoms with Crippen molar-refractivity contribution in [2.75, 3.05) is 18.4 Å². The van der Waals surface area contributed by atoms with Crippen LogP contribution in [0.15, 0.2) is 16.7 Å². The zero-order valence-electron chi connectivity index (χ0n) is 15.5. The summed E-state index contributed by atoms with van der Waals surface area (Å²) in [4.78, 5) is 15.0. The number of carbonyl (C=O) groups excluding carboxylic acids is 1. The van der Waals surface area contributed by atoms with Gasteiger partial charge in [-0.25, -0.2) is 0 Å². The summed E-state index contributed by atoms with van der Waals surface area (Å²) in [6.45, 7) is 9.74. The highest BCUT2D eigenvalue weighted by Crippen LogP contribution is 2.27. The van der Waals surface area contributed by atoms with E-state index in [1.54, 1.807) is 6.07 Å². The van der Waals surface area contributed by atoms with Crippen LogP contribution in [-0.4, -0.2) is 44.9 Å². The maximum atomic E-state index is 12.7. The lowest BCUT2D eigenvalue weighted by molar-refractivity contribution is -0.124. The summed E-state index contributed by atoms with van der Waals surface area (Å²) < 4.78 is 7.11. The molecule has 1 fully saturated rings. The minimum absolute atomic E-state index is 0.00596. The summed E-state index contributed by atoms with van der Waals surface area (Å²) in [5, 5.41) is 11.3. The largest absolute Gasteiger partial charge is 0.360 e. The van der Waals surface area contributed by atoms with E-state index in [9.17, 15) is 4.79 Å². The second-order valence-electron chi connectivity index (χ2n) is 6.95. The van der Waals surface area contributed by atoms with Gasteiger partial charge >= 0.3 is 0 Å². The molecule has 136 valence electrons. The Morgan fingerprint density at radius 3 is 2.68 bits per heavy atom. The summed E-state index contributed by atoms with van der Waals surface area (Å²) in [6, 6.07) is 4.05. The van der Waals surface area contributed by atoms with E-state index in [4.69, 9.17) is 4.52 Å². The molecule has 1 unspecified atom stereocenters. The first-order valence-corrected chi connectivity index (χ1v) is 8.99. The molecule has 0 aromatic carbocycles. The topological polar surface area (TPSA) is 76.2 Å². The van der Waals surface area contributed by atoms with Crippen molar-refractivity contribution in [1.29, 1.82) is 0 Å². The van der Waals surface area contributed by atoms with Gasteiger partial charge in [0.1, 0.15) is 5.76 Å². The smallest absolute Gasteiger partial charge is 0.242 e. The van der Waals surface area contributed by atoms with Gasteiger partial charge in [-0.2, -0.15) is 5.10 Å². The van der Waals surface area contributed by atoms with Crippen molar-refractivity contribution < 1.29 is 9.32 Å². The SMILES string of the molecule is CCCCC(C(=O)Nc1cc(C)on1)N1CC(n2nc(C)cc2C)C1. The Bertz CT molecular complexity index is 730. The Labute approximate surface area is 148 Å². The van der Waals surface area contributed by atoms with E-state index < -0.39 is 0 Å². The number of hydrogen-bond donors (Lipinski definition) is 1. The maximum Gasteiger partial charge on any atom is 0.242 e. The molecule has 7 nitrogen and oxygen atoms in total. The Balaban J connectivity index is 1.63. The predicted octanol–water partition coefficient (Wildman–Crippen LogP) is 2.85. The molecule has 0 spiro atoms. The molecule has 1 aliphatic heterocycles. The highest BCUT2D eigenvalue weighted by Gasteiger charge is 2.37. The summed E-state index contributed by atoms with van der Waals surface area (Å²) >= 11 is 0. The number of amides is 1. The van der Waals surface area contributed by atoms with Crippen LogP contribution in [0.1, 0.15) is 49.4 Å². The van der Waals surface area contributed by atoms with Gasteiger partial charge in [0.25, 0.3) is 0 Å². The van der Waals surface area contributed by atoms with E-state index in [0.29, 0.717) is 17.6 Å². The van der Waals surface area contributed by atoms with Gasteiger partial charge in [-0.15, -0.1) is 0 Å². The molecule has 3 rings (SSSR count). The zero-order chi connectivity index (χ0) is 18.0. The lowest BCUT2D eigenvalue weighted by Gasteiger charge is -2.43. The average Bonchev–Trinajstić information content (AvgIpc) is 3.06. The Hall–Kier alpha value is -2.15. The van der Waals surface area contributed by atoms with Crippen LogP contribution in [0.5, 0.6) is 0 Å². The van der Waals surface area contributed by atoms with E-state index in [1.165, 1.54) is 5.69 Å². The van der Waals surface area contributed by atoms with Crippen molar-refractivity contribution >= 4 is 11.7 Å². The lowest BCUT2D eigenvalue weighted by atomic mass is 10.00. The van der Waals surface area contributed by atoms with E-state index in [2.05, 4.69) is 45.1 Å². The highest BCUT2D eigenvalue weighted by molar-refractivity contribution is 5.94. The van der Waals surface area contributed by atoms with Crippen molar-refractivity contribution in [2.24, 2.45) is 0 Å². The van der Waals surface area contributed by atoms with Gasteiger partial charge in [0.2, 0.25) is 5.91 Å². The fourth-order valence-corrected chi connectivity index (χ4v) is 3.42. The van der Waals surface area contributed by atoms with Crippen LogP contribution in [0.3, 0.4) is 0 Å². The summed E-state index contributed by atoms with van der Waals surface area (Å²) in [5.74, 6) is 1.17. The molecule has 0 bridgehead atoms. The van der Waals surface area contributed by atoms with Crippen molar-refractivity contribution in [3.8, 4) is 0 Å². The van der Waals surface area contributed by atoms with Crippen LogP contribution in [0.25, 0.3) is 0 Å². The van der Waals surface area contributed by atoms with Crippen molar-refractivity contribution in [3.63, 3.8) is 0 Å². The molecular weight excluding hydrogens is 318 g/mol. The van der Waals surface area contributed by atoms with Crippen molar-refractivity contribution in [1.82, 2.24) is 19.8 Å². The van der Waals surface area contributed by atoms with Crippen molar-refractivity contribution in [2.45, 2.75) is 59.0 Å². The predicted molar refractivity (Wildman–Crippen MR) is 95.5 cm³/mol. The number of carbonyl (C=O) groups is 1. The monoisotopic (exact) mass is 345 g/mol. The molecule has 1 atom stereocenters. The molecule has 2 aromatic heterocycles. The van der Waals surface area contributed by atoms with E-state index in [1.807, 2.05) is 13.8 Å². The third-order valence-corrected chi connectivity index (χ3v) is 4.73. The Kier molecular flexibility index (Phi) is 5.22. The van der Waals surface area contributed by atoms with E-state index >= 15 is 0 Å². The number of likely N-dealkylation sites (tertiary alicyclic amines) is 1. The molecule has 0 aliphatic carbocycles. The van der Waals surface area contributed by atoms with Gasteiger partial charge in [0.05, 0.1) is 17.8 Å². The third kappa shape index (κ3) is 3.92. The Morgan fingerprint density at radius 1 is 1.36 bits per heavy atom. The quantitative estimate of drug-likeness (QED) is 0.835. The average molecular weight is 345 g/mol. The van der Waals surface area contributed by atoms with E-state index in [-0.39, 0.29) is 11.9 Å². The Morgan fingerprint density at radius 2 is 2.12 bits per heavy atom. The number of aryl methyl sites for hydroxylation is 3. The lowest BCUT2D eigenvalue weighted by Crippen LogP contribution is -2.56. The second kappa shape index (κ2) is 7.39. The molecule has 1 amide bonds. The van der Waals surface area contributed by atoms with E-state index in [0.717, 1.165) is 38.0 Å². The number of rotatable bonds is 7. The number of nitrogens with one attached hydrogen (secondary N) is 1. The van der Waals surface area contributed by atoms with Gasteiger partial charge in [0, 0.05) is 24.8 Å². The van der Waals surface area contributed by atoms with Crippen LogP contribution in [0.2, 0.25) is 0 Å². The number of hydrogen-bond acceptors (Lipinski definition) is 5. The standard InChI is InChI=1S/C18H27N5O2/c1-5-6-7-16(18(24)19-17-9-14(4)25-21-17)22-10-15(11-22)23-13(3)8-12(2)20-23/h8-9,15-16H,5-7,10-11H2,1-4H3,(H,19,21,24). The number of aromatic nitrogens is 3. The number of nitrogens with zero attached hydrogens (tertiary/aromatic N) is 4. The maximum absolute atomic E-state index is 12.7. The summed E-state index contributed by atoms with van der Waals surface area (Å²) in [5.41, 5.74) is 2.22. The highest BCUT2D eigenvalue weighted by atomic mass is 16.5. The molecule has 25 heavy (non-hydrogen) atoms. The summed E-state index contributed by atoms with van der Waals surface area (Å²) in [7, 11) is 0. The van der Waals surface area contributed by atoms with Crippen LogP contribution < -0.4 is 5.32 Å². The van der Waals surface area contributed by atoms with Crippen LogP contribution >= 0.6 is 0 Å². The van der Waals surface area contributed by atoms with Crippen molar-refractivity contribution in [3.05, 3.63) is 29.3 Å². The molecule has 1 N–H and O–H groups in total. The minimum atomic E-state index is -0.134. The molecule has 3 heterocycles. The second-order valence-corrected chi connectivity index (χ2v) is 6.95. The third-order valence-electron chi connectivity index (χ3n) is 4.73. The normalized spacial score (nSPS) is 16.6. The molecule has 1 aliphatic rings. The van der Waals surface area contributed by atoms with Crippen LogP contribution in [0.4, 0.5) is 5.82 Å². The fourth-order valence-electron chi connectivity index (χ4n) is 3.42. The molecule has 0 radical (unpaired) electrons.